The summed E-state index contributed by atoms with van der Waals surface area (Å²) in [6.45, 7) is 5.71. The standard InChI is InChI=1S/C21H26BrN2O3SSi/c1-21(2,3)27-20(26)24-18-6-4-5-9-29(18)12-28-19(24)16-11-17(25)14-8-7-13(22)10-15(14)23-16/h7-8,10-11,18-19H,4-6,9,12H2,1-3H3,(H,23,25)/t18-,19+/m1/s1. The fraction of sp³-hybridized carbons (Fsp3) is 0.524. The number of nitrogens with zero attached hydrogens (tertiary/aromatic N) is 1. The first-order valence-electron chi connectivity index (χ1n) is 10.0. The minimum Gasteiger partial charge on any atom is -0.444 e. The van der Waals surface area contributed by atoms with Crippen molar-refractivity contribution in [3.05, 3.63) is 44.7 Å². The Balaban J connectivity index is 1.76. The van der Waals surface area contributed by atoms with E-state index in [-0.39, 0.29) is 22.6 Å². The number of halogens is 1. The predicted octanol–water partition coefficient (Wildman–Crippen LogP) is 5.40. The Morgan fingerprint density at radius 2 is 2.10 bits per heavy atom. The van der Waals surface area contributed by atoms with E-state index in [2.05, 4.69) is 20.9 Å². The number of carbonyl (C=O) groups excluding carboxylic acids is 1. The van der Waals surface area contributed by atoms with Gasteiger partial charge in [0.25, 0.3) is 0 Å². The summed E-state index contributed by atoms with van der Waals surface area (Å²) in [5.74, 6) is 0. The zero-order chi connectivity index (χ0) is 20.8. The number of nitrogens with one attached hydrogen (secondary N) is 1. The molecule has 5 nitrogen and oxygen atoms in total. The predicted molar refractivity (Wildman–Crippen MR) is 124 cm³/mol. The minimum absolute atomic E-state index is 0.0225. The molecule has 0 unspecified atom stereocenters. The highest BCUT2D eigenvalue weighted by Gasteiger charge is 2.45. The molecule has 1 amide bonds. The average Bonchev–Trinajstić information content (AvgIpc) is 2.65. The highest BCUT2D eigenvalue weighted by atomic mass is 79.9. The molecular weight excluding hydrogens is 468 g/mol. The molecule has 2 atom stereocenters. The van der Waals surface area contributed by atoms with Crippen molar-refractivity contribution in [2.75, 3.05) is 5.38 Å². The summed E-state index contributed by atoms with van der Waals surface area (Å²) >= 11 is 5.26. The Kier molecular flexibility index (Phi) is 5.87. The van der Waals surface area contributed by atoms with Gasteiger partial charge in [-0.2, -0.15) is 0 Å². The van der Waals surface area contributed by atoms with Crippen LogP contribution < -0.4 is 5.43 Å². The molecule has 1 N–H and O–H groups in total. The molecule has 0 bridgehead atoms. The van der Waals surface area contributed by atoms with Crippen LogP contribution in [0.25, 0.3) is 10.9 Å². The van der Waals surface area contributed by atoms with Crippen molar-refractivity contribution in [1.29, 1.82) is 0 Å². The number of amides is 1. The molecular formula is C21H26BrN2O3SSi. The van der Waals surface area contributed by atoms with Crippen molar-refractivity contribution in [3.63, 3.8) is 0 Å². The minimum atomic E-state index is -0.647. The van der Waals surface area contributed by atoms with E-state index in [0.29, 0.717) is 5.39 Å². The van der Waals surface area contributed by atoms with Crippen LogP contribution in [-0.2, 0) is 4.74 Å². The van der Waals surface area contributed by atoms with E-state index in [4.69, 9.17) is 4.74 Å². The number of hydrogen-bond acceptors (Lipinski definition) is 4. The van der Waals surface area contributed by atoms with Gasteiger partial charge in [0.15, 0.2) is 5.43 Å². The maximum absolute atomic E-state index is 13.3. The van der Waals surface area contributed by atoms with E-state index in [9.17, 15) is 9.59 Å². The van der Waals surface area contributed by atoms with Crippen LogP contribution in [0.1, 0.15) is 51.1 Å². The third kappa shape index (κ3) is 4.44. The number of ether oxygens (including phenoxy) is 1. The van der Waals surface area contributed by atoms with Crippen LogP contribution >= 0.6 is 27.7 Å². The number of H-pyrrole nitrogens is 1. The van der Waals surface area contributed by atoms with Crippen LogP contribution in [-0.4, -0.2) is 41.4 Å². The van der Waals surface area contributed by atoms with Crippen LogP contribution in [0.4, 0.5) is 4.79 Å². The SMILES string of the molecule is CC(C)(C)OC(=O)N1[C@H]2CCCC[Si]2CS[C@H]1c1cc(=O)c2ccc(Br)cc2[nH]1. The summed E-state index contributed by atoms with van der Waals surface area (Å²) in [5.41, 5.74) is 1.25. The van der Waals surface area contributed by atoms with E-state index in [1.165, 1.54) is 12.5 Å². The van der Waals surface area contributed by atoms with Gasteiger partial charge in [0.05, 0.1) is 20.0 Å². The van der Waals surface area contributed by atoms with Gasteiger partial charge in [-0.1, -0.05) is 34.8 Å². The number of aromatic amines is 1. The quantitative estimate of drug-likeness (QED) is 0.540. The van der Waals surface area contributed by atoms with Crippen LogP contribution in [0.2, 0.25) is 6.04 Å². The third-order valence-electron chi connectivity index (χ3n) is 5.39. The Morgan fingerprint density at radius 3 is 2.86 bits per heavy atom. The number of fused-ring (bicyclic) bond motifs is 2. The molecule has 4 rings (SSSR count). The lowest BCUT2D eigenvalue weighted by Gasteiger charge is -2.47. The monoisotopic (exact) mass is 493 g/mol. The summed E-state index contributed by atoms with van der Waals surface area (Å²) < 4.78 is 6.72. The molecule has 2 aromatic rings. The maximum atomic E-state index is 13.3. The highest BCUT2D eigenvalue weighted by molar-refractivity contribution is 9.10. The van der Waals surface area contributed by atoms with Crippen molar-refractivity contribution in [2.24, 2.45) is 0 Å². The Hall–Kier alpha value is -1.25. The lowest BCUT2D eigenvalue weighted by molar-refractivity contribution is 0.0173. The lowest BCUT2D eigenvalue weighted by atomic mass is 10.1. The molecule has 3 heterocycles. The van der Waals surface area contributed by atoms with E-state index in [1.807, 2.05) is 43.9 Å². The first kappa shape index (κ1) is 21.0. The smallest absolute Gasteiger partial charge is 0.411 e. The second-order valence-electron chi connectivity index (χ2n) is 8.75. The number of aromatic nitrogens is 1. The number of thioether (sulfide) groups is 1. The molecule has 1 aromatic heterocycles. The Labute approximate surface area is 185 Å². The number of carbonyl (C=O) groups is 1. The van der Waals surface area contributed by atoms with Crippen LogP contribution in [0, 0.1) is 0 Å². The molecule has 155 valence electrons. The van der Waals surface area contributed by atoms with Crippen molar-refractivity contribution in [2.45, 2.75) is 62.7 Å². The molecule has 1 radical (unpaired) electrons. The highest BCUT2D eigenvalue weighted by Crippen LogP contribution is 2.43. The second kappa shape index (κ2) is 8.11. The van der Waals surface area contributed by atoms with Crippen molar-refractivity contribution in [3.8, 4) is 0 Å². The summed E-state index contributed by atoms with van der Waals surface area (Å²) in [6.07, 6.45) is 3.18. The second-order valence-corrected chi connectivity index (χ2v) is 14.1. The van der Waals surface area contributed by atoms with Gasteiger partial charge in [-0.25, -0.2) is 4.79 Å². The molecule has 0 saturated carbocycles. The summed E-state index contributed by atoms with van der Waals surface area (Å²) in [7, 11) is -0.647. The first-order valence-corrected chi connectivity index (χ1v) is 13.9. The average molecular weight is 495 g/mol. The van der Waals surface area contributed by atoms with E-state index >= 15 is 0 Å². The first-order chi connectivity index (χ1) is 13.7. The number of hydrogen-bond donors (Lipinski definition) is 1. The molecule has 2 aliphatic rings. The van der Waals surface area contributed by atoms with Crippen molar-refractivity contribution < 1.29 is 9.53 Å². The van der Waals surface area contributed by atoms with Gasteiger partial charge < -0.3 is 9.72 Å². The van der Waals surface area contributed by atoms with Crippen molar-refractivity contribution >= 4 is 53.5 Å². The topological polar surface area (TPSA) is 62.4 Å². The molecule has 1 aromatic carbocycles. The van der Waals surface area contributed by atoms with E-state index < -0.39 is 14.4 Å². The molecule has 0 spiro atoms. The van der Waals surface area contributed by atoms with Gasteiger partial charge in [0, 0.05) is 21.6 Å². The summed E-state index contributed by atoms with van der Waals surface area (Å²) in [5, 5.41) is 1.53. The third-order valence-corrected chi connectivity index (χ3v) is 11.3. The van der Waals surface area contributed by atoms with Gasteiger partial charge in [0.1, 0.15) is 11.0 Å². The number of pyridine rings is 1. The number of rotatable bonds is 1. The van der Waals surface area contributed by atoms with Gasteiger partial charge in [-0.15, -0.1) is 11.8 Å². The largest absolute Gasteiger partial charge is 0.444 e. The van der Waals surface area contributed by atoms with Gasteiger partial charge >= 0.3 is 6.09 Å². The normalized spacial score (nSPS) is 23.1. The van der Waals surface area contributed by atoms with Crippen LogP contribution in [0.15, 0.2) is 33.5 Å². The van der Waals surface area contributed by atoms with Crippen LogP contribution in [0.3, 0.4) is 0 Å². The van der Waals surface area contributed by atoms with Crippen LogP contribution in [0.5, 0.6) is 0 Å². The molecule has 0 aliphatic carbocycles. The summed E-state index contributed by atoms with van der Waals surface area (Å²) in [4.78, 5) is 31.4. The molecule has 2 fully saturated rings. The van der Waals surface area contributed by atoms with E-state index in [0.717, 1.165) is 33.9 Å². The molecule has 2 saturated heterocycles. The maximum Gasteiger partial charge on any atom is 0.411 e. The van der Waals surface area contributed by atoms with E-state index in [1.54, 1.807) is 17.8 Å². The Bertz CT molecular complexity index is 990. The molecule has 8 heteroatoms. The fourth-order valence-corrected chi connectivity index (χ4v) is 10.5. The van der Waals surface area contributed by atoms with Gasteiger partial charge in [0.2, 0.25) is 0 Å². The van der Waals surface area contributed by atoms with Gasteiger partial charge in [-0.3, -0.25) is 9.69 Å². The fourth-order valence-electron chi connectivity index (χ4n) is 4.15. The number of benzene rings is 1. The molecule has 29 heavy (non-hydrogen) atoms. The van der Waals surface area contributed by atoms with Crippen molar-refractivity contribution in [1.82, 2.24) is 9.88 Å². The Morgan fingerprint density at radius 1 is 1.31 bits per heavy atom. The lowest BCUT2D eigenvalue weighted by Crippen LogP contribution is -2.57. The summed E-state index contributed by atoms with van der Waals surface area (Å²) in [6, 6.07) is 8.52. The van der Waals surface area contributed by atoms with Gasteiger partial charge in [-0.05, 0) is 50.8 Å². The zero-order valence-electron chi connectivity index (χ0n) is 17.0. The molecule has 2 aliphatic heterocycles. The zero-order valence-corrected chi connectivity index (χ0v) is 20.4.